The van der Waals surface area contributed by atoms with Gasteiger partial charge in [-0.2, -0.15) is 0 Å². The number of nitrogens with zero attached hydrogens (tertiary/aromatic N) is 3. The number of aliphatic hydroxyl groups is 1. The molecule has 0 aliphatic carbocycles. The van der Waals surface area contributed by atoms with E-state index in [0.717, 1.165) is 10.9 Å². The van der Waals surface area contributed by atoms with Crippen molar-refractivity contribution in [1.82, 2.24) is 36.5 Å². The van der Waals surface area contributed by atoms with E-state index in [9.17, 15) is 33.9 Å². The van der Waals surface area contributed by atoms with Crippen LogP contribution in [0.4, 0.5) is 0 Å². The molecule has 0 radical (unpaired) electrons. The number of aromatic nitrogens is 1. The van der Waals surface area contributed by atoms with Crippen LogP contribution in [-0.4, -0.2) is 124 Å². The first kappa shape index (κ1) is 43.8. The Bertz CT molecular complexity index is 1820. The van der Waals surface area contributed by atoms with Gasteiger partial charge in [-0.1, -0.05) is 32.0 Å². The van der Waals surface area contributed by atoms with E-state index in [4.69, 9.17) is 22.9 Å². The third-order valence-corrected chi connectivity index (χ3v) is 10.0. The number of H-pyrrole nitrogens is 1. The Morgan fingerprint density at radius 1 is 0.754 bits per heavy atom. The maximum Gasteiger partial charge on any atom is 0.246 e. The second kappa shape index (κ2) is 20.3. The van der Waals surface area contributed by atoms with Crippen molar-refractivity contribution in [2.45, 2.75) is 108 Å². The smallest absolute Gasteiger partial charge is 0.246 e. The predicted octanol–water partition coefficient (Wildman–Crippen LogP) is -2.72. The summed E-state index contributed by atoms with van der Waals surface area (Å²) in [5, 5.41) is 25.0. The Morgan fingerprint density at radius 3 is 1.88 bits per heavy atom. The Hall–Kier alpha value is -5.92. The molecule has 0 saturated carbocycles. The third kappa shape index (κ3) is 12.0. The van der Waals surface area contributed by atoms with Gasteiger partial charge >= 0.3 is 0 Å². The summed E-state index contributed by atoms with van der Waals surface area (Å²) < 4.78 is 0. The molecule has 2 aromatic rings. The number of aromatic amines is 1. The molecule has 312 valence electrons. The van der Waals surface area contributed by atoms with Crippen molar-refractivity contribution in [3.63, 3.8) is 0 Å². The lowest BCUT2D eigenvalue weighted by Crippen LogP contribution is -2.63. The van der Waals surface area contributed by atoms with Crippen molar-refractivity contribution < 1.29 is 33.9 Å². The number of aliphatic hydroxyl groups excluding tert-OH is 1. The van der Waals surface area contributed by atoms with E-state index >= 15 is 0 Å². The normalized spacial score (nSPS) is 24.6. The van der Waals surface area contributed by atoms with E-state index in [1.54, 1.807) is 20.0 Å². The van der Waals surface area contributed by atoms with Gasteiger partial charge in [0.2, 0.25) is 35.4 Å². The van der Waals surface area contributed by atoms with Gasteiger partial charge in [0.25, 0.3) is 0 Å². The zero-order valence-corrected chi connectivity index (χ0v) is 32.6. The van der Waals surface area contributed by atoms with Crippen LogP contribution in [0.25, 0.3) is 10.9 Å². The van der Waals surface area contributed by atoms with Crippen molar-refractivity contribution >= 4 is 58.3 Å². The van der Waals surface area contributed by atoms with Crippen LogP contribution in [0.5, 0.6) is 0 Å². The van der Waals surface area contributed by atoms with Crippen LogP contribution in [0.3, 0.4) is 0 Å². The number of carbonyl (C=O) groups is 6. The van der Waals surface area contributed by atoms with Crippen LogP contribution < -0.4 is 49.5 Å². The number of hydrogen-bond acceptors (Lipinski definition) is 9. The summed E-state index contributed by atoms with van der Waals surface area (Å²) in [6, 6.07) is 0.0257. The van der Waals surface area contributed by atoms with E-state index in [1.165, 1.54) is 11.8 Å². The Labute approximate surface area is 330 Å². The van der Waals surface area contributed by atoms with E-state index in [1.807, 2.05) is 24.3 Å². The third-order valence-electron chi connectivity index (χ3n) is 10.0. The van der Waals surface area contributed by atoms with Gasteiger partial charge in [-0.15, -0.1) is 0 Å². The van der Waals surface area contributed by atoms with Crippen molar-refractivity contribution in [3.05, 3.63) is 36.0 Å². The fraction of sp³-hybridized carbons (Fsp3) is 0.568. The largest absolute Gasteiger partial charge is 0.391 e. The topological polar surface area (TPSA) is 331 Å². The number of rotatable bonds is 12. The van der Waals surface area contributed by atoms with Crippen molar-refractivity contribution in [3.8, 4) is 0 Å². The number of amides is 6. The Morgan fingerprint density at radius 2 is 1.30 bits per heavy atom. The highest BCUT2D eigenvalue weighted by molar-refractivity contribution is 5.99. The summed E-state index contributed by atoms with van der Waals surface area (Å²) in [4.78, 5) is 96.8. The molecule has 0 bridgehead atoms. The van der Waals surface area contributed by atoms with Gasteiger partial charge in [0.1, 0.15) is 36.3 Å². The molecule has 20 heteroatoms. The fourth-order valence-electron chi connectivity index (χ4n) is 7.01. The number of nitrogens with two attached hydrogens (primary N) is 4. The van der Waals surface area contributed by atoms with Crippen LogP contribution >= 0.6 is 0 Å². The standard InChI is InChI=1S/C37H57N13O7/c1-19(2)28-33(55)46-25(12-7-15-43-37(40)41)30(52)45-24(11-6-14-42-36(38)39)31(53)47-26(17-21-18-44-23-10-5-4-9-22(21)23)35(57)50-16-8-13-27(50)32(54)49-29(20(3)51)34(56)48-28/h4-5,9-10,18-20,24-29,44,51H,6-8,11-17H2,1-3H3,(H,45,52)(H,46,55)(H,47,53)(H,48,56)(H,49,54)(H4,38,39,42)(H4,40,41,43)/t20-,24+,25-,26+,27-,28+,29+/m1/s1. The molecule has 57 heavy (non-hydrogen) atoms. The maximum atomic E-state index is 14.5. The molecular weight excluding hydrogens is 738 g/mol. The second-order valence-corrected chi connectivity index (χ2v) is 14.8. The molecule has 6 amide bonds. The molecular formula is C37H57N13O7. The molecule has 2 fully saturated rings. The molecule has 4 rings (SSSR count). The van der Waals surface area contributed by atoms with Crippen molar-refractivity contribution in [2.75, 3.05) is 19.6 Å². The number of nitrogens with one attached hydrogen (secondary N) is 6. The van der Waals surface area contributed by atoms with Crippen LogP contribution in [-0.2, 0) is 35.2 Å². The van der Waals surface area contributed by atoms with Gasteiger partial charge in [-0.25, -0.2) is 0 Å². The highest BCUT2D eigenvalue weighted by Gasteiger charge is 2.41. The SMILES string of the molecule is CC(C)[C@@H]1NC(=O)[C@H]([C@@H](C)O)NC(=O)[C@H]2CCCN2C(=O)[C@H](Cc2c[nH]c3ccccc23)NC(=O)[C@H](CCCN=C(N)N)NC(=O)[C@@H](CCCN=C(N)N)NC1=O. The number of guanidine groups is 2. The average Bonchev–Trinajstić information content (AvgIpc) is 3.81. The molecule has 1 aromatic carbocycles. The zero-order valence-electron chi connectivity index (χ0n) is 32.6. The summed E-state index contributed by atoms with van der Waals surface area (Å²) in [6.45, 7) is 5.10. The van der Waals surface area contributed by atoms with Crippen LogP contribution in [0.2, 0.25) is 0 Å². The Balaban J connectivity index is 1.78. The van der Waals surface area contributed by atoms with E-state index in [0.29, 0.717) is 12.0 Å². The van der Waals surface area contributed by atoms with E-state index in [-0.39, 0.29) is 70.1 Å². The molecule has 0 spiro atoms. The van der Waals surface area contributed by atoms with Gasteiger partial charge in [-0.3, -0.25) is 38.8 Å². The molecule has 1 aromatic heterocycles. The summed E-state index contributed by atoms with van der Waals surface area (Å²) in [5.74, 6) is -5.06. The molecule has 7 atom stereocenters. The predicted molar refractivity (Wildman–Crippen MR) is 213 cm³/mol. The molecule has 15 N–H and O–H groups in total. The Kier molecular flexibility index (Phi) is 15.6. The first-order valence-electron chi connectivity index (χ1n) is 19.2. The molecule has 20 nitrogen and oxygen atoms in total. The van der Waals surface area contributed by atoms with Crippen LogP contribution in [0, 0.1) is 5.92 Å². The summed E-state index contributed by atoms with van der Waals surface area (Å²) in [6.07, 6.45) is 1.63. The minimum absolute atomic E-state index is 0.0207. The lowest BCUT2D eigenvalue weighted by molar-refractivity contribution is -0.143. The zero-order chi connectivity index (χ0) is 41.8. The highest BCUT2D eigenvalue weighted by Crippen LogP contribution is 2.23. The monoisotopic (exact) mass is 795 g/mol. The van der Waals surface area contributed by atoms with Gasteiger partial charge in [0.15, 0.2) is 11.9 Å². The lowest BCUT2D eigenvalue weighted by atomic mass is 10.00. The van der Waals surface area contributed by atoms with Crippen LogP contribution in [0.1, 0.15) is 64.9 Å². The maximum absolute atomic E-state index is 14.5. The molecule has 0 unspecified atom stereocenters. The quantitative estimate of drug-likeness (QED) is 0.0596. The van der Waals surface area contributed by atoms with Gasteiger partial charge in [-0.05, 0) is 63.0 Å². The molecule has 3 heterocycles. The van der Waals surface area contributed by atoms with E-state index < -0.39 is 83.7 Å². The van der Waals surface area contributed by atoms with Gasteiger partial charge in [0, 0.05) is 43.2 Å². The number of aliphatic imine (C=N–C) groups is 2. The molecule has 2 aliphatic rings. The van der Waals surface area contributed by atoms with Gasteiger partial charge in [0.05, 0.1) is 6.10 Å². The van der Waals surface area contributed by atoms with E-state index in [2.05, 4.69) is 41.6 Å². The summed E-state index contributed by atoms with van der Waals surface area (Å²) in [7, 11) is 0. The lowest BCUT2D eigenvalue weighted by Gasteiger charge is -2.32. The highest BCUT2D eigenvalue weighted by atomic mass is 16.3. The minimum atomic E-state index is -1.50. The van der Waals surface area contributed by atoms with Crippen molar-refractivity contribution in [1.29, 1.82) is 0 Å². The van der Waals surface area contributed by atoms with Gasteiger partial charge < -0.3 is 64.5 Å². The molecule has 2 saturated heterocycles. The average molecular weight is 796 g/mol. The number of benzene rings is 1. The second-order valence-electron chi connectivity index (χ2n) is 14.8. The molecule has 2 aliphatic heterocycles. The minimum Gasteiger partial charge on any atom is -0.391 e. The fourth-order valence-corrected chi connectivity index (χ4v) is 7.01. The number of para-hydroxylation sites is 1. The first-order chi connectivity index (χ1) is 27.1. The summed E-state index contributed by atoms with van der Waals surface area (Å²) >= 11 is 0. The number of carbonyl (C=O) groups excluding carboxylic acids is 6. The van der Waals surface area contributed by atoms with Crippen LogP contribution in [0.15, 0.2) is 40.4 Å². The first-order valence-corrected chi connectivity index (χ1v) is 19.2. The number of hydrogen-bond donors (Lipinski definition) is 11. The number of fused-ring (bicyclic) bond motifs is 2. The van der Waals surface area contributed by atoms with Crippen molar-refractivity contribution in [2.24, 2.45) is 38.8 Å². The summed E-state index contributed by atoms with van der Waals surface area (Å²) in [5.41, 5.74) is 23.5.